The van der Waals surface area contributed by atoms with Crippen molar-refractivity contribution in [3.8, 4) is 17.4 Å². The van der Waals surface area contributed by atoms with E-state index in [2.05, 4.69) is 9.98 Å². The predicted molar refractivity (Wildman–Crippen MR) is 93.2 cm³/mol. The van der Waals surface area contributed by atoms with E-state index in [1.54, 1.807) is 24.3 Å². The molecule has 0 spiro atoms. The molecule has 2 aromatic carbocycles. The van der Waals surface area contributed by atoms with Gasteiger partial charge in [0.25, 0.3) is 11.6 Å². The Morgan fingerprint density at radius 1 is 1.15 bits per heavy atom. The standard InChI is InChI=1S/C18H13N3O5/c1-11(19-16(22)12-7-9-14(10-8-12)21(24)25)15-18(23)26-17(20-15)13-5-3-2-4-6-13/h2-10,23H,1H3. The number of aromatic nitrogens is 1. The lowest BCUT2D eigenvalue weighted by atomic mass is 10.2. The Bertz CT molecular complexity index is 991. The molecule has 1 aromatic heterocycles. The van der Waals surface area contributed by atoms with Crippen LogP contribution in [0.2, 0.25) is 0 Å². The Labute approximate surface area is 147 Å². The number of carbonyl (C=O) groups is 1. The normalized spacial score (nSPS) is 11.3. The maximum absolute atomic E-state index is 12.2. The Kier molecular flexibility index (Phi) is 4.57. The van der Waals surface area contributed by atoms with E-state index in [4.69, 9.17) is 4.42 Å². The van der Waals surface area contributed by atoms with Crippen molar-refractivity contribution in [2.24, 2.45) is 4.99 Å². The molecule has 8 heteroatoms. The third-order valence-corrected chi connectivity index (χ3v) is 3.57. The van der Waals surface area contributed by atoms with E-state index in [1.165, 1.54) is 31.2 Å². The van der Waals surface area contributed by atoms with E-state index in [1.807, 2.05) is 6.07 Å². The molecular weight excluding hydrogens is 338 g/mol. The fourth-order valence-corrected chi connectivity index (χ4v) is 2.25. The summed E-state index contributed by atoms with van der Waals surface area (Å²) in [7, 11) is 0. The summed E-state index contributed by atoms with van der Waals surface area (Å²) in [5, 5.41) is 20.6. The highest BCUT2D eigenvalue weighted by Gasteiger charge is 2.17. The highest BCUT2D eigenvalue weighted by atomic mass is 16.6. The summed E-state index contributed by atoms with van der Waals surface area (Å²) in [5.41, 5.74) is 0.949. The van der Waals surface area contributed by atoms with Crippen LogP contribution in [-0.2, 0) is 0 Å². The van der Waals surface area contributed by atoms with Crippen molar-refractivity contribution in [2.45, 2.75) is 6.92 Å². The van der Waals surface area contributed by atoms with Gasteiger partial charge in [-0.1, -0.05) is 18.2 Å². The van der Waals surface area contributed by atoms with Crippen molar-refractivity contribution in [1.82, 2.24) is 4.98 Å². The van der Waals surface area contributed by atoms with E-state index in [0.717, 1.165) is 0 Å². The van der Waals surface area contributed by atoms with E-state index in [9.17, 15) is 20.0 Å². The smallest absolute Gasteiger partial charge is 0.312 e. The van der Waals surface area contributed by atoms with E-state index >= 15 is 0 Å². The van der Waals surface area contributed by atoms with Gasteiger partial charge >= 0.3 is 5.95 Å². The largest absolute Gasteiger partial charge is 0.479 e. The Balaban J connectivity index is 1.86. The summed E-state index contributed by atoms with van der Waals surface area (Å²) in [6, 6.07) is 14.0. The summed E-state index contributed by atoms with van der Waals surface area (Å²) >= 11 is 0. The molecule has 26 heavy (non-hydrogen) atoms. The number of rotatable bonds is 4. The van der Waals surface area contributed by atoms with Crippen LogP contribution in [0, 0.1) is 10.1 Å². The lowest BCUT2D eigenvalue weighted by Gasteiger charge is -1.98. The number of non-ortho nitro benzene ring substituents is 1. The van der Waals surface area contributed by atoms with Gasteiger partial charge in [0.1, 0.15) is 0 Å². The summed E-state index contributed by atoms with van der Waals surface area (Å²) in [5.74, 6) is -0.849. The molecule has 0 fully saturated rings. The first-order valence-electron chi connectivity index (χ1n) is 7.55. The van der Waals surface area contributed by atoms with Crippen LogP contribution in [0.3, 0.4) is 0 Å². The van der Waals surface area contributed by atoms with Crippen molar-refractivity contribution in [1.29, 1.82) is 0 Å². The number of hydrogen-bond acceptors (Lipinski definition) is 6. The molecule has 0 saturated heterocycles. The zero-order valence-electron chi connectivity index (χ0n) is 13.6. The third kappa shape index (κ3) is 3.48. The number of nitro groups is 1. The molecule has 8 nitrogen and oxygen atoms in total. The molecule has 0 atom stereocenters. The van der Waals surface area contributed by atoms with Gasteiger partial charge in [-0.3, -0.25) is 14.9 Å². The molecule has 0 saturated carbocycles. The highest BCUT2D eigenvalue weighted by molar-refractivity contribution is 6.09. The third-order valence-electron chi connectivity index (χ3n) is 3.57. The SMILES string of the molecule is CC(=NC(=O)c1ccc([N+](=O)[O-])cc1)c1nc(-c2ccccc2)oc1O. The molecular formula is C18H13N3O5. The number of aliphatic imine (C=N–C) groups is 1. The minimum absolute atomic E-state index is 0.0547. The summed E-state index contributed by atoms with van der Waals surface area (Å²) < 4.78 is 5.23. The average Bonchev–Trinajstić information content (AvgIpc) is 3.04. The number of carbonyl (C=O) groups excluding carboxylic acids is 1. The van der Waals surface area contributed by atoms with E-state index < -0.39 is 16.8 Å². The number of aromatic hydroxyl groups is 1. The lowest BCUT2D eigenvalue weighted by Crippen LogP contribution is -2.03. The van der Waals surface area contributed by atoms with Gasteiger partial charge in [-0.15, -0.1) is 0 Å². The first-order valence-corrected chi connectivity index (χ1v) is 7.55. The number of nitro benzene ring substituents is 1. The molecule has 0 unspecified atom stereocenters. The van der Waals surface area contributed by atoms with Crippen molar-refractivity contribution >= 4 is 17.3 Å². The maximum atomic E-state index is 12.2. The van der Waals surface area contributed by atoms with Crippen molar-refractivity contribution in [3.05, 3.63) is 76.0 Å². The van der Waals surface area contributed by atoms with Gasteiger partial charge in [0.2, 0.25) is 5.89 Å². The van der Waals surface area contributed by atoms with E-state index in [-0.39, 0.29) is 28.5 Å². The Morgan fingerprint density at radius 2 is 1.81 bits per heavy atom. The topological polar surface area (TPSA) is 119 Å². The van der Waals surface area contributed by atoms with Gasteiger partial charge in [-0.05, 0) is 31.2 Å². The number of benzene rings is 2. The first-order chi connectivity index (χ1) is 12.5. The zero-order chi connectivity index (χ0) is 18.7. The average molecular weight is 351 g/mol. The number of hydrogen-bond donors (Lipinski definition) is 1. The van der Waals surface area contributed by atoms with E-state index in [0.29, 0.717) is 5.56 Å². The Hall–Kier alpha value is -3.81. The van der Waals surface area contributed by atoms with Gasteiger partial charge in [0, 0.05) is 23.3 Å². The van der Waals surface area contributed by atoms with Gasteiger partial charge in [-0.2, -0.15) is 0 Å². The van der Waals surface area contributed by atoms with Crippen LogP contribution in [-0.4, -0.2) is 26.6 Å². The molecule has 0 radical (unpaired) electrons. The second kappa shape index (κ2) is 6.98. The van der Waals surface area contributed by atoms with Gasteiger partial charge in [-0.25, -0.2) is 9.98 Å². The second-order valence-electron chi connectivity index (χ2n) is 5.35. The quantitative estimate of drug-likeness (QED) is 0.436. The van der Waals surface area contributed by atoms with Gasteiger partial charge < -0.3 is 9.52 Å². The minimum Gasteiger partial charge on any atom is -0.479 e. The summed E-state index contributed by atoms with van der Waals surface area (Å²) in [6.45, 7) is 1.51. The van der Waals surface area contributed by atoms with Crippen LogP contribution in [0.25, 0.3) is 11.5 Å². The number of nitrogens with zero attached hydrogens (tertiary/aromatic N) is 3. The second-order valence-corrected chi connectivity index (χ2v) is 5.35. The molecule has 130 valence electrons. The van der Waals surface area contributed by atoms with Gasteiger partial charge in [0.05, 0.1) is 10.6 Å². The molecule has 3 aromatic rings. The monoisotopic (exact) mass is 351 g/mol. The lowest BCUT2D eigenvalue weighted by molar-refractivity contribution is -0.384. The molecule has 0 aliphatic carbocycles. The summed E-state index contributed by atoms with van der Waals surface area (Å²) in [6.07, 6.45) is 0. The van der Waals surface area contributed by atoms with Crippen molar-refractivity contribution < 1.29 is 19.2 Å². The molecule has 1 heterocycles. The van der Waals surface area contributed by atoms with Crippen molar-refractivity contribution in [3.63, 3.8) is 0 Å². The predicted octanol–water partition coefficient (Wildman–Crippen LogP) is 3.60. The highest BCUT2D eigenvalue weighted by Crippen LogP contribution is 2.26. The molecule has 0 bridgehead atoms. The van der Waals surface area contributed by atoms with Crippen molar-refractivity contribution in [2.75, 3.05) is 0 Å². The molecule has 1 N–H and O–H groups in total. The number of amides is 1. The van der Waals surface area contributed by atoms with Gasteiger partial charge in [0.15, 0.2) is 5.69 Å². The molecule has 3 rings (SSSR count). The first kappa shape index (κ1) is 17.0. The van der Waals surface area contributed by atoms with Crippen LogP contribution >= 0.6 is 0 Å². The Morgan fingerprint density at radius 3 is 2.42 bits per heavy atom. The van der Waals surface area contributed by atoms with Crippen LogP contribution in [0.4, 0.5) is 5.69 Å². The zero-order valence-corrected chi connectivity index (χ0v) is 13.6. The maximum Gasteiger partial charge on any atom is 0.312 e. The summed E-state index contributed by atoms with van der Waals surface area (Å²) in [4.78, 5) is 30.4. The molecule has 1 amide bonds. The fraction of sp³-hybridized carbons (Fsp3) is 0.0556. The number of oxazole rings is 1. The minimum atomic E-state index is -0.610. The fourth-order valence-electron chi connectivity index (χ4n) is 2.25. The van der Waals surface area contributed by atoms with Crippen LogP contribution in [0.15, 0.2) is 64.0 Å². The van der Waals surface area contributed by atoms with Crippen LogP contribution in [0.1, 0.15) is 23.0 Å². The molecule has 0 aliphatic rings. The van der Waals surface area contributed by atoms with Crippen LogP contribution in [0.5, 0.6) is 5.95 Å². The molecule has 0 aliphatic heterocycles. The van der Waals surface area contributed by atoms with Crippen LogP contribution < -0.4 is 0 Å².